The number of aliphatic hydroxyl groups excluding tert-OH is 1. The molecule has 35 heavy (non-hydrogen) atoms. The number of carbonyl (C=O) groups excluding carboxylic acids is 3. The molecule has 1 saturated heterocycles. The smallest absolute Gasteiger partial charge is 0.327 e. The van der Waals surface area contributed by atoms with Crippen LogP contribution in [-0.2, 0) is 25.6 Å². The quantitative estimate of drug-likeness (QED) is 0.211. The Morgan fingerprint density at radius 1 is 1.26 bits per heavy atom. The number of aliphatic carboxylic acids is 1. The minimum Gasteiger partial charge on any atom is -0.480 e. The Morgan fingerprint density at radius 3 is 2.63 bits per heavy atom. The average molecular weight is 506 g/mol. The van der Waals surface area contributed by atoms with Gasteiger partial charge in [0.2, 0.25) is 17.7 Å². The number of carboxylic acids is 1. The van der Waals surface area contributed by atoms with E-state index < -0.39 is 54.0 Å². The summed E-state index contributed by atoms with van der Waals surface area (Å²) in [5.41, 5.74) is 7.87. The van der Waals surface area contributed by atoms with Crippen LogP contribution >= 0.6 is 12.6 Å². The van der Waals surface area contributed by atoms with Crippen molar-refractivity contribution in [3.05, 3.63) is 36.0 Å². The van der Waals surface area contributed by atoms with Crippen molar-refractivity contribution in [2.24, 2.45) is 5.73 Å². The van der Waals surface area contributed by atoms with Gasteiger partial charge in [0.05, 0.1) is 12.1 Å². The van der Waals surface area contributed by atoms with Crippen LogP contribution in [0.1, 0.15) is 25.3 Å². The number of nitrogens with one attached hydrogen (secondary N) is 3. The van der Waals surface area contributed by atoms with Crippen LogP contribution in [0.3, 0.4) is 0 Å². The van der Waals surface area contributed by atoms with E-state index in [4.69, 9.17) is 10.8 Å². The first-order valence-electron chi connectivity index (χ1n) is 11.4. The van der Waals surface area contributed by atoms with Gasteiger partial charge in [-0.2, -0.15) is 12.6 Å². The number of amides is 3. The van der Waals surface area contributed by atoms with Gasteiger partial charge in [-0.3, -0.25) is 14.4 Å². The Labute approximate surface area is 207 Å². The zero-order chi connectivity index (χ0) is 25.7. The van der Waals surface area contributed by atoms with Crippen molar-refractivity contribution in [1.29, 1.82) is 0 Å². The van der Waals surface area contributed by atoms with Crippen LogP contribution in [0.15, 0.2) is 30.5 Å². The van der Waals surface area contributed by atoms with Crippen molar-refractivity contribution in [2.75, 3.05) is 12.3 Å². The number of likely N-dealkylation sites (tertiary alicyclic amines) is 1. The summed E-state index contributed by atoms with van der Waals surface area (Å²) in [6.07, 6.45) is 1.59. The van der Waals surface area contributed by atoms with Gasteiger partial charge < -0.3 is 36.5 Å². The molecule has 3 amide bonds. The van der Waals surface area contributed by atoms with Crippen LogP contribution in [0.5, 0.6) is 0 Å². The highest BCUT2D eigenvalue weighted by atomic mass is 32.1. The van der Waals surface area contributed by atoms with Crippen molar-refractivity contribution in [3.8, 4) is 0 Å². The first kappa shape index (κ1) is 26.5. The first-order valence-corrected chi connectivity index (χ1v) is 12.0. The lowest BCUT2D eigenvalue weighted by atomic mass is 10.0. The number of fused-ring (bicyclic) bond motifs is 1. The van der Waals surface area contributed by atoms with E-state index >= 15 is 0 Å². The summed E-state index contributed by atoms with van der Waals surface area (Å²) in [6, 6.07) is 3.18. The zero-order valence-corrected chi connectivity index (χ0v) is 20.2. The summed E-state index contributed by atoms with van der Waals surface area (Å²) < 4.78 is 0. The second-order valence-electron chi connectivity index (χ2n) is 8.67. The van der Waals surface area contributed by atoms with Crippen LogP contribution in [0.25, 0.3) is 10.9 Å². The number of thiol groups is 1. The summed E-state index contributed by atoms with van der Waals surface area (Å²) >= 11 is 3.93. The molecule has 11 nitrogen and oxygen atoms in total. The molecule has 2 heterocycles. The Morgan fingerprint density at radius 2 is 1.97 bits per heavy atom. The Balaban J connectivity index is 1.67. The second kappa shape index (κ2) is 11.6. The molecule has 7 N–H and O–H groups in total. The molecule has 0 radical (unpaired) electrons. The van der Waals surface area contributed by atoms with Gasteiger partial charge in [0.1, 0.15) is 18.1 Å². The number of hydrogen-bond donors (Lipinski definition) is 7. The third-order valence-corrected chi connectivity index (χ3v) is 6.50. The number of benzene rings is 1. The van der Waals surface area contributed by atoms with Gasteiger partial charge in [-0.25, -0.2) is 4.79 Å². The number of aromatic nitrogens is 1. The molecule has 0 spiro atoms. The largest absolute Gasteiger partial charge is 0.480 e. The van der Waals surface area contributed by atoms with Gasteiger partial charge in [-0.1, -0.05) is 18.2 Å². The standard InChI is InChI=1S/C23H31N5O6S/c1-12(29)19(22(32)28-8-4-7-18(28)21(31)26-17(11-35)23(33)34)27-20(30)15(24)9-13-10-25-16-6-3-2-5-14(13)16/h2-3,5-6,10,12,15,17-19,25,29,35H,4,7-9,11,24H2,1H3,(H,26,31)(H,27,30)(H,33,34). The summed E-state index contributed by atoms with van der Waals surface area (Å²) in [4.78, 5) is 54.3. The van der Waals surface area contributed by atoms with E-state index in [9.17, 15) is 24.3 Å². The van der Waals surface area contributed by atoms with E-state index in [2.05, 4.69) is 28.2 Å². The molecule has 1 fully saturated rings. The van der Waals surface area contributed by atoms with E-state index in [0.717, 1.165) is 16.5 Å². The predicted octanol–water partition coefficient (Wildman–Crippen LogP) is -0.606. The molecule has 190 valence electrons. The zero-order valence-electron chi connectivity index (χ0n) is 19.3. The maximum absolute atomic E-state index is 13.2. The Bertz CT molecular complexity index is 1090. The molecule has 5 unspecified atom stereocenters. The summed E-state index contributed by atoms with van der Waals surface area (Å²) in [5.74, 6) is -3.21. The lowest BCUT2D eigenvalue weighted by Crippen LogP contribution is -2.59. The lowest BCUT2D eigenvalue weighted by molar-refractivity contribution is -0.145. The number of nitrogens with two attached hydrogens (primary N) is 1. The fraction of sp³-hybridized carbons (Fsp3) is 0.478. The average Bonchev–Trinajstić information content (AvgIpc) is 3.47. The van der Waals surface area contributed by atoms with E-state index in [1.165, 1.54) is 11.8 Å². The van der Waals surface area contributed by atoms with Crippen LogP contribution in [-0.4, -0.2) is 86.4 Å². The lowest BCUT2D eigenvalue weighted by Gasteiger charge is -2.31. The van der Waals surface area contributed by atoms with Gasteiger partial charge >= 0.3 is 5.97 Å². The van der Waals surface area contributed by atoms with E-state index in [0.29, 0.717) is 12.8 Å². The van der Waals surface area contributed by atoms with E-state index in [-0.39, 0.29) is 18.7 Å². The number of H-pyrrole nitrogens is 1. The molecule has 2 aromatic rings. The highest BCUT2D eigenvalue weighted by Gasteiger charge is 2.40. The fourth-order valence-corrected chi connectivity index (χ4v) is 4.46. The molecular formula is C23H31N5O6S. The second-order valence-corrected chi connectivity index (χ2v) is 9.03. The van der Waals surface area contributed by atoms with Crippen LogP contribution < -0.4 is 16.4 Å². The van der Waals surface area contributed by atoms with Gasteiger partial charge in [0.15, 0.2) is 0 Å². The number of aromatic amines is 1. The van der Waals surface area contributed by atoms with Crippen molar-refractivity contribution < 1.29 is 29.4 Å². The predicted molar refractivity (Wildman–Crippen MR) is 132 cm³/mol. The molecule has 0 saturated carbocycles. The first-order chi connectivity index (χ1) is 16.6. The molecule has 5 atom stereocenters. The number of carboxylic acid groups (broad SMARTS) is 1. The highest BCUT2D eigenvalue weighted by molar-refractivity contribution is 7.80. The minimum atomic E-state index is -1.31. The highest BCUT2D eigenvalue weighted by Crippen LogP contribution is 2.21. The summed E-state index contributed by atoms with van der Waals surface area (Å²) in [5, 5.41) is 25.3. The molecule has 1 aromatic carbocycles. The third-order valence-electron chi connectivity index (χ3n) is 6.13. The summed E-state index contributed by atoms with van der Waals surface area (Å²) in [7, 11) is 0. The Kier molecular flexibility index (Phi) is 8.76. The monoisotopic (exact) mass is 505 g/mol. The third kappa shape index (κ3) is 6.13. The van der Waals surface area contributed by atoms with E-state index in [1.807, 2.05) is 24.3 Å². The topological polar surface area (TPSA) is 178 Å². The molecular weight excluding hydrogens is 474 g/mol. The Hall–Kier alpha value is -3.09. The van der Waals surface area contributed by atoms with Crippen LogP contribution in [0.4, 0.5) is 0 Å². The van der Waals surface area contributed by atoms with Gasteiger partial charge in [-0.05, 0) is 37.8 Å². The molecule has 1 aliphatic rings. The van der Waals surface area contributed by atoms with Crippen molar-refractivity contribution >= 4 is 47.2 Å². The minimum absolute atomic E-state index is 0.109. The molecule has 1 aliphatic heterocycles. The molecule has 0 bridgehead atoms. The molecule has 0 aliphatic carbocycles. The van der Waals surface area contributed by atoms with Crippen LogP contribution in [0.2, 0.25) is 0 Å². The number of nitrogens with zero attached hydrogens (tertiary/aromatic N) is 1. The van der Waals surface area contributed by atoms with Crippen LogP contribution in [0, 0.1) is 0 Å². The number of carbonyl (C=O) groups is 4. The van der Waals surface area contributed by atoms with Crippen molar-refractivity contribution in [3.63, 3.8) is 0 Å². The maximum Gasteiger partial charge on any atom is 0.327 e. The van der Waals surface area contributed by atoms with Crippen molar-refractivity contribution in [2.45, 2.75) is 56.5 Å². The number of para-hydroxylation sites is 1. The number of aliphatic hydroxyl groups is 1. The normalized spacial score (nSPS) is 19.1. The number of rotatable bonds is 10. The van der Waals surface area contributed by atoms with Crippen molar-refractivity contribution in [1.82, 2.24) is 20.5 Å². The van der Waals surface area contributed by atoms with Gasteiger partial charge in [0.25, 0.3) is 0 Å². The molecule has 1 aromatic heterocycles. The van der Waals surface area contributed by atoms with Gasteiger partial charge in [-0.15, -0.1) is 0 Å². The van der Waals surface area contributed by atoms with Gasteiger partial charge in [0, 0.05) is 29.4 Å². The fourth-order valence-electron chi connectivity index (χ4n) is 4.21. The molecule has 3 rings (SSSR count). The maximum atomic E-state index is 13.2. The van der Waals surface area contributed by atoms with E-state index in [1.54, 1.807) is 6.20 Å². The number of hydrogen-bond acceptors (Lipinski definition) is 7. The molecule has 12 heteroatoms. The summed E-state index contributed by atoms with van der Waals surface area (Å²) in [6.45, 7) is 1.59. The SMILES string of the molecule is CC(O)C(NC(=O)C(N)Cc1c[nH]c2ccccc12)C(=O)N1CCCC1C(=O)NC(CS)C(=O)O.